The molecule has 0 aliphatic carbocycles. The Morgan fingerprint density at radius 1 is 1.25 bits per heavy atom. The number of carbonyl (C=O) groups excluding carboxylic acids is 1. The van der Waals surface area contributed by atoms with Gasteiger partial charge in [0.2, 0.25) is 11.7 Å². The molecule has 198 valence electrons. The summed E-state index contributed by atoms with van der Waals surface area (Å²) < 4.78 is 124. The van der Waals surface area contributed by atoms with Crippen LogP contribution in [0, 0.1) is 16.4 Å². The fourth-order valence-electron chi connectivity index (χ4n) is 3.82. The van der Waals surface area contributed by atoms with E-state index in [4.69, 9.17) is 9.52 Å². The van der Waals surface area contributed by atoms with Crippen molar-refractivity contribution in [1.82, 2.24) is 0 Å². The maximum atomic E-state index is 14.4. The SMILES string of the molecule is CO[C@]1(C(F)(F)F)C[C@H](C(=O)Nc2cccc([S@](C)(=N)=O)c2)N(c2ccc(F)c(F)c2OC(F)F)C1. The first-order valence-electron chi connectivity index (χ1n) is 10.1. The number of methoxy groups -OCH3 is 1. The molecule has 2 aromatic rings. The van der Waals surface area contributed by atoms with Crippen LogP contribution < -0.4 is 15.0 Å². The Hall–Kier alpha value is -3.07. The molecule has 0 spiro atoms. The van der Waals surface area contributed by atoms with Gasteiger partial charge < -0.3 is 19.7 Å². The number of hydrogen-bond acceptors (Lipinski definition) is 6. The standard InChI is InChI=1S/C21H20F7N3O4S/c1-34-20(21(26,27)28)9-15(18(32)30-11-4-3-5-12(8-11)36(2,29)33)31(10-20)14-7-6-13(22)16(23)17(14)35-19(24)25/h3-8,15,19,29H,9-10H2,1-2H3,(H,30,32)/t15-,20-,36-/m1/s1. The highest BCUT2D eigenvalue weighted by atomic mass is 32.2. The first-order valence-corrected chi connectivity index (χ1v) is 12.0. The van der Waals surface area contributed by atoms with Gasteiger partial charge in [-0.25, -0.2) is 13.4 Å². The van der Waals surface area contributed by atoms with E-state index in [1.165, 1.54) is 24.3 Å². The van der Waals surface area contributed by atoms with E-state index in [9.17, 15) is 39.7 Å². The number of rotatable bonds is 7. The van der Waals surface area contributed by atoms with Gasteiger partial charge in [-0.05, 0) is 30.3 Å². The second-order valence-electron chi connectivity index (χ2n) is 7.99. The highest BCUT2D eigenvalue weighted by Crippen LogP contribution is 2.47. The van der Waals surface area contributed by atoms with Crippen LogP contribution in [0.25, 0.3) is 0 Å². The van der Waals surface area contributed by atoms with Crippen molar-refractivity contribution in [2.24, 2.45) is 0 Å². The largest absolute Gasteiger partial charge is 0.429 e. The molecule has 0 unspecified atom stereocenters. The Kier molecular flexibility index (Phi) is 7.46. The van der Waals surface area contributed by atoms with Gasteiger partial charge in [0.1, 0.15) is 6.04 Å². The summed E-state index contributed by atoms with van der Waals surface area (Å²) >= 11 is 0. The van der Waals surface area contributed by atoms with Crippen LogP contribution in [0.2, 0.25) is 0 Å². The topological polar surface area (TPSA) is 91.7 Å². The number of carbonyl (C=O) groups is 1. The fraction of sp³-hybridized carbons (Fsp3) is 0.381. The number of alkyl halides is 5. The molecule has 0 aromatic heterocycles. The minimum Gasteiger partial charge on any atom is -0.429 e. The summed E-state index contributed by atoms with van der Waals surface area (Å²) in [7, 11) is -2.46. The van der Waals surface area contributed by atoms with Crippen molar-refractivity contribution in [3.63, 3.8) is 0 Å². The number of halogens is 7. The number of ether oxygens (including phenoxy) is 2. The van der Waals surface area contributed by atoms with Crippen LogP contribution in [0.5, 0.6) is 5.75 Å². The third-order valence-corrected chi connectivity index (χ3v) is 6.79. The Morgan fingerprint density at radius 2 is 1.92 bits per heavy atom. The zero-order valence-electron chi connectivity index (χ0n) is 18.7. The zero-order chi connectivity index (χ0) is 27.1. The molecule has 7 nitrogen and oxygen atoms in total. The smallest absolute Gasteiger partial charge is 0.419 e. The Labute approximate surface area is 201 Å². The van der Waals surface area contributed by atoms with Gasteiger partial charge in [-0.2, -0.15) is 26.3 Å². The van der Waals surface area contributed by atoms with Crippen LogP contribution in [0.1, 0.15) is 6.42 Å². The maximum absolute atomic E-state index is 14.4. The van der Waals surface area contributed by atoms with E-state index in [2.05, 4.69) is 10.1 Å². The van der Waals surface area contributed by atoms with Crippen LogP contribution in [-0.2, 0) is 19.3 Å². The van der Waals surface area contributed by atoms with E-state index in [-0.39, 0.29) is 10.6 Å². The molecule has 1 aliphatic rings. The van der Waals surface area contributed by atoms with E-state index in [0.29, 0.717) is 17.0 Å². The summed E-state index contributed by atoms with van der Waals surface area (Å²) in [4.78, 5) is 13.8. The third kappa shape index (κ3) is 5.36. The van der Waals surface area contributed by atoms with Gasteiger partial charge in [0.25, 0.3) is 0 Å². The Balaban J connectivity index is 2.09. The second kappa shape index (κ2) is 9.76. The van der Waals surface area contributed by atoms with Crippen molar-refractivity contribution in [3.8, 4) is 5.75 Å². The van der Waals surface area contributed by atoms with Crippen LogP contribution >= 0.6 is 0 Å². The van der Waals surface area contributed by atoms with E-state index in [1.807, 2.05) is 0 Å². The minimum absolute atomic E-state index is 0.0180. The summed E-state index contributed by atoms with van der Waals surface area (Å²) in [6.45, 7) is -4.79. The lowest BCUT2D eigenvalue weighted by atomic mass is 9.99. The number of nitrogens with one attached hydrogen (secondary N) is 2. The van der Waals surface area contributed by atoms with Crippen molar-refractivity contribution >= 4 is 27.0 Å². The van der Waals surface area contributed by atoms with Crippen LogP contribution in [-0.4, -0.2) is 54.5 Å². The summed E-state index contributed by atoms with van der Waals surface area (Å²) in [5, 5.41) is 2.33. The minimum atomic E-state index is -5.05. The second-order valence-corrected chi connectivity index (χ2v) is 10.2. The van der Waals surface area contributed by atoms with Crippen molar-refractivity contribution in [2.45, 2.75) is 35.7 Å². The molecule has 3 rings (SSSR count). The predicted molar refractivity (Wildman–Crippen MR) is 115 cm³/mol. The Bertz CT molecular complexity index is 1260. The molecule has 3 atom stereocenters. The van der Waals surface area contributed by atoms with Gasteiger partial charge in [0.05, 0.1) is 22.0 Å². The van der Waals surface area contributed by atoms with Crippen LogP contribution in [0.15, 0.2) is 41.3 Å². The van der Waals surface area contributed by atoms with Gasteiger partial charge in [-0.15, -0.1) is 0 Å². The third-order valence-electron chi connectivity index (χ3n) is 5.63. The predicted octanol–water partition coefficient (Wildman–Crippen LogP) is 4.77. The van der Waals surface area contributed by atoms with E-state index in [0.717, 1.165) is 13.4 Å². The molecular weight excluding hydrogens is 523 g/mol. The lowest BCUT2D eigenvalue weighted by molar-refractivity contribution is -0.261. The molecule has 1 saturated heterocycles. The van der Waals surface area contributed by atoms with Crippen molar-refractivity contribution in [2.75, 3.05) is 30.1 Å². The van der Waals surface area contributed by atoms with E-state index < -0.39 is 76.1 Å². The van der Waals surface area contributed by atoms with Gasteiger partial charge in [-0.1, -0.05) is 6.07 Å². The normalized spacial score (nSPS) is 21.9. The lowest BCUT2D eigenvalue weighted by Gasteiger charge is -2.31. The number of amides is 1. The van der Waals surface area contributed by atoms with Gasteiger partial charge in [0.15, 0.2) is 17.2 Å². The monoisotopic (exact) mass is 543 g/mol. The highest BCUT2D eigenvalue weighted by molar-refractivity contribution is 7.91. The first kappa shape index (κ1) is 27.5. The first-order chi connectivity index (χ1) is 16.6. The molecule has 0 saturated carbocycles. The number of hydrogen-bond donors (Lipinski definition) is 2. The van der Waals surface area contributed by atoms with Gasteiger partial charge in [0, 0.05) is 30.4 Å². The number of nitrogens with zero attached hydrogens (tertiary/aromatic N) is 1. The molecule has 1 heterocycles. The molecule has 1 fully saturated rings. The average Bonchev–Trinajstić information content (AvgIpc) is 3.18. The lowest BCUT2D eigenvalue weighted by Crippen LogP contribution is -2.49. The van der Waals surface area contributed by atoms with Crippen LogP contribution in [0.3, 0.4) is 0 Å². The molecule has 15 heteroatoms. The van der Waals surface area contributed by atoms with Gasteiger partial charge in [-0.3, -0.25) is 4.79 Å². The summed E-state index contributed by atoms with van der Waals surface area (Å²) in [5.74, 6) is -5.94. The molecule has 1 aliphatic heterocycles. The highest BCUT2D eigenvalue weighted by Gasteiger charge is 2.63. The molecular formula is C21H20F7N3O4S. The Morgan fingerprint density at radius 3 is 2.47 bits per heavy atom. The maximum Gasteiger partial charge on any atom is 0.419 e. The summed E-state index contributed by atoms with van der Waals surface area (Å²) in [6.07, 6.45) is -4.96. The molecule has 1 amide bonds. The van der Waals surface area contributed by atoms with Crippen molar-refractivity contribution in [3.05, 3.63) is 48.0 Å². The summed E-state index contributed by atoms with van der Waals surface area (Å²) in [6, 6.07) is 4.64. The average molecular weight is 543 g/mol. The van der Waals surface area contributed by atoms with Gasteiger partial charge >= 0.3 is 12.8 Å². The zero-order valence-corrected chi connectivity index (χ0v) is 19.5. The molecule has 0 radical (unpaired) electrons. The van der Waals surface area contributed by atoms with E-state index in [1.54, 1.807) is 0 Å². The number of benzene rings is 2. The summed E-state index contributed by atoms with van der Waals surface area (Å²) in [5.41, 5.74) is -3.72. The molecule has 36 heavy (non-hydrogen) atoms. The van der Waals surface area contributed by atoms with E-state index >= 15 is 0 Å². The molecule has 2 aromatic carbocycles. The van der Waals surface area contributed by atoms with Crippen molar-refractivity contribution in [1.29, 1.82) is 4.78 Å². The van der Waals surface area contributed by atoms with Crippen molar-refractivity contribution < 1.29 is 49.2 Å². The number of anilines is 2. The fourth-order valence-corrected chi connectivity index (χ4v) is 4.51. The molecule has 2 N–H and O–H groups in total. The molecule has 0 bridgehead atoms. The quantitative estimate of drug-likeness (QED) is 0.492. The van der Waals surface area contributed by atoms with Crippen LogP contribution in [0.4, 0.5) is 42.1 Å².